The summed E-state index contributed by atoms with van der Waals surface area (Å²) < 4.78 is 12.9. The molecule has 0 saturated heterocycles. The van der Waals surface area contributed by atoms with Crippen LogP contribution < -0.4 is 5.32 Å². The first-order chi connectivity index (χ1) is 7.65. The molecule has 0 bridgehead atoms. The molecule has 2 aromatic rings. The van der Waals surface area contributed by atoms with Gasteiger partial charge in [0, 0.05) is 11.9 Å². The molecule has 1 aromatic heterocycles. The smallest absolute Gasteiger partial charge is 0.183 e. The highest BCUT2D eigenvalue weighted by Gasteiger charge is 2.02. The summed E-state index contributed by atoms with van der Waals surface area (Å²) in [5.74, 6) is -0.393. The summed E-state index contributed by atoms with van der Waals surface area (Å²) in [5.41, 5.74) is 1.92. The van der Waals surface area contributed by atoms with E-state index < -0.39 is 5.82 Å². The van der Waals surface area contributed by atoms with E-state index in [1.807, 2.05) is 12.3 Å². The third kappa shape index (κ3) is 2.71. The third-order valence-electron chi connectivity index (χ3n) is 2.05. The minimum Gasteiger partial charge on any atom is -0.357 e. The van der Waals surface area contributed by atoms with Gasteiger partial charge in [-0.25, -0.2) is 9.37 Å². The zero-order chi connectivity index (χ0) is 11.5. The number of hydrogen-bond acceptors (Lipinski definition) is 3. The van der Waals surface area contributed by atoms with Crippen LogP contribution in [0.2, 0.25) is 5.02 Å². The molecule has 0 aliphatic carbocycles. The van der Waals surface area contributed by atoms with Crippen LogP contribution in [0.4, 0.5) is 9.52 Å². The molecule has 0 fully saturated rings. The third-order valence-corrected chi connectivity index (χ3v) is 3.25. The second-order valence-electron chi connectivity index (χ2n) is 3.40. The summed E-state index contributed by atoms with van der Waals surface area (Å²) in [5, 5.41) is 6.13. The first-order valence-electron chi connectivity index (χ1n) is 4.75. The maximum absolute atomic E-state index is 12.9. The fraction of sp³-hybridized carbons (Fsp3) is 0.182. The average molecular weight is 257 g/mol. The average Bonchev–Trinajstić information content (AvgIpc) is 2.66. The number of nitrogens with one attached hydrogen (secondary N) is 1. The Morgan fingerprint density at radius 1 is 1.50 bits per heavy atom. The molecular formula is C11H10ClFN2S. The van der Waals surface area contributed by atoms with E-state index in [0.29, 0.717) is 6.54 Å². The molecule has 0 unspecified atom stereocenters. The van der Waals surface area contributed by atoms with E-state index in [1.54, 1.807) is 23.5 Å². The Morgan fingerprint density at radius 2 is 2.31 bits per heavy atom. The molecule has 0 aliphatic heterocycles. The van der Waals surface area contributed by atoms with E-state index in [0.717, 1.165) is 16.4 Å². The highest BCUT2D eigenvalue weighted by Crippen LogP contribution is 2.18. The minimum atomic E-state index is -0.393. The van der Waals surface area contributed by atoms with Crippen molar-refractivity contribution in [3.63, 3.8) is 0 Å². The highest BCUT2D eigenvalue weighted by molar-refractivity contribution is 7.13. The molecule has 0 saturated carbocycles. The van der Waals surface area contributed by atoms with Crippen molar-refractivity contribution < 1.29 is 4.39 Å². The van der Waals surface area contributed by atoms with Gasteiger partial charge in [-0.15, -0.1) is 11.3 Å². The Bertz CT molecular complexity index is 498. The van der Waals surface area contributed by atoms with E-state index in [-0.39, 0.29) is 5.02 Å². The van der Waals surface area contributed by atoms with Crippen LogP contribution in [-0.4, -0.2) is 4.98 Å². The molecule has 0 radical (unpaired) electrons. The van der Waals surface area contributed by atoms with Gasteiger partial charge in [0.15, 0.2) is 5.13 Å². The van der Waals surface area contributed by atoms with Crippen molar-refractivity contribution in [3.05, 3.63) is 45.7 Å². The molecule has 0 atom stereocenters. The van der Waals surface area contributed by atoms with Gasteiger partial charge in [0.2, 0.25) is 0 Å². The fourth-order valence-corrected chi connectivity index (χ4v) is 2.15. The van der Waals surface area contributed by atoms with E-state index in [1.165, 1.54) is 6.07 Å². The van der Waals surface area contributed by atoms with Gasteiger partial charge in [0.25, 0.3) is 0 Å². The Balaban J connectivity index is 2.02. The molecule has 16 heavy (non-hydrogen) atoms. The van der Waals surface area contributed by atoms with Gasteiger partial charge >= 0.3 is 0 Å². The van der Waals surface area contributed by atoms with E-state index >= 15 is 0 Å². The monoisotopic (exact) mass is 256 g/mol. The van der Waals surface area contributed by atoms with Crippen molar-refractivity contribution in [2.75, 3.05) is 5.32 Å². The van der Waals surface area contributed by atoms with Crippen LogP contribution in [0.5, 0.6) is 0 Å². The van der Waals surface area contributed by atoms with Gasteiger partial charge in [0.1, 0.15) is 5.82 Å². The first-order valence-corrected chi connectivity index (χ1v) is 6.01. The number of anilines is 1. The van der Waals surface area contributed by atoms with Crippen molar-refractivity contribution in [1.82, 2.24) is 4.98 Å². The molecule has 1 N–H and O–H groups in total. The lowest BCUT2D eigenvalue weighted by molar-refractivity contribution is 0.627. The van der Waals surface area contributed by atoms with Gasteiger partial charge in [-0.3, -0.25) is 0 Å². The van der Waals surface area contributed by atoms with Crippen LogP contribution in [0.15, 0.2) is 23.6 Å². The lowest BCUT2D eigenvalue weighted by atomic mass is 10.2. The number of hydrogen-bond donors (Lipinski definition) is 1. The van der Waals surface area contributed by atoms with Gasteiger partial charge < -0.3 is 5.32 Å². The molecule has 2 nitrogen and oxygen atoms in total. The molecule has 5 heteroatoms. The zero-order valence-electron chi connectivity index (χ0n) is 8.63. The lowest BCUT2D eigenvalue weighted by Gasteiger charge is -2.03. The van der Waals surface area contributed by atoms with Crippen molar-refractivity contribution in [2.24, 2.45) is 0 Å². The molecule has 0 aliphatic rings. The van der Waals surface area contributed by atoms with Gasteiger partial charge in [0.05, 0.1) is 10.7 Å². The molecule has 0 spiro atoms. The van der Waals surface area contributed by atoms with Crippen LogP contribution in [-0.2, 0) is 6.54 Å². The fourth-order valence-electron chi connectivity index (χ4n) is 1.26. The van der Waals surface area contributed by atoms with E-state index in [4.69, 9.17) is 11.6 Å². The summed E-state index contributed by atoms with van der Waals surface area (Å²) in [6.45, 7) is 2.53. The second kappa shape index (κ2) is 4.80. The number of nitrogens with zero attached hydrogens (tertiary/aromatic N) is 1. The SMILES string of the molecule is Cc1csc(NCc2ccc(F)c(Cl)c2)n1. The largest absolute Gasteiger partial charge is 0.357 e. The predicted octanol–water partition coefficient (Wildman–Crippen LogP) is 3.86. The molecule has 84 valence electrons. The van der Waals surface area contributed by atoms with Crippen LogP contribution in [0.3, 0.4) is 0 Å². The van der Waals surface area contributed by atoms with Crippen LogP contribution in [0, 0.1) is 12.7 Å². The minimum absolute atomic E-state index is 0.148. The Morgan fingerprint density at radius 3 is 2.94 bits per heavy atom. The topological polar surface area (TPSA) is 24.9 Å². The lowest BCUT2D eigenvalue weighted by Crippen LogP contribution is -1.99. The van der Waals surface area contributed by atoms with Crippen LogP contribution in [0.25, 0.3) is 0 Å². The normalized spacial score (nSPS) is 10.4. The standard InChI is InChI=1S/C11H10ClFN2S/c1-7-6-16-11(15-7)14-5-8-2-3-10(13)9(12)4-8/h2-4,6H,5H2,1H3,(H,14,15). The van der Waals surface area contributed by atoms with Crippen molar-refractivity contribution in [2.45, 2.75) is 13.5 Å². The molecule has 2 rings (SSSR count). The summed E-state index contributed by atoms with van der Waals surface area (Å²) in [7, 11) is 0. The summed E-state index contributed by atoms with van der Waals surface area (Å²) >= 11 is 7.23. The van der Waals surface area contributed by atoms with Crippen LogP contribution in [0.1, 0.15) is 11.3 Å². The van der Waals surface area contributed by atoms with Gasteiger partial charge in [-0.2, -0.15) is 0 Å². The maximum Gasteiger partial charge on any atom is 0.183 e. The predicted molar refractivity (Wildman–Crippen MR) is 65.6 cm³/mol. The Kier molecular flexibility index (Phi) is 3.41. The Labute approximate surface area is 102 Å². The number of benzene rings is 1. The molecule has 1 aromatic carbocycles. The second-order valence-corrected chi connectivity index (χ2v) is 4.66. The molecule has 1 heterocycles. The van der Waals surface area contributed by atoms with Gasteiger partial charge in [-0.1, -0.05) is 17.7 Å². The number of rotatable bonds is 3. The molecule has 0 amide bonds. The van der Waals surface area contributed by atoms with Gasteiger partial charge in [-0.05, 0) is 24.6 Å². The van der Waals surface area contributed by atoms with E-state index in [9.17, 15) is 4.39 Å². The number of halogens is 2. The van der Waals surface area contributed by atoms with Crippen molar-refractivity contribution in [3.8, 4) is 0 Å². The maximum atomic E-state index is 12.9. The summed E-state index contributed by atoms with van der Waals surface area (Å²) in [6.07, 6.45) is 0. The van der Waals surface area contributed by atoms with Crippen molar-refractivity contribution >= 4 is 28.1 Å². The highest BCUT2D eigenvalue weighted by atomic mass is 35.5. The first kappa shape index (κ1) is 11.4. The summed E-state index contributed by atoms with van der Waals surface area (Å²) in [6, 6.07) is 4.69. The van der Waals surface area contributed by atoms with E-state index in [2.05, 4.69) is 10.3 Å². The quantitative estimate of drug-likeness (QED) is 0.902. The number of aryl methyl sites for hydroxylation is 1. The number of aromatic nitrogens is 1. The summed E-state index contributed by atoms with van der Waals surface area (Å²) in [4.78, 5) is 4.27. The Hall–Kier alpha value is -1.13. The zero-order valence-corrected chi connectivity index (χ0v) is 10.2. The number of thiazole rings is 1. The molecular weight excluding hydrogens is 247 g/mol. The van der Waals surface area contributed by atoms with Crippen LogP contribution >= 0.6 is 22.9 Å². The van der Waals surface area contributed by atoms with Crippen molar-refractivity contribution in [1.29, 1.82) is 0 Å².